The molecule has 1 aromatic rings. The van der Waals surface area contributed by atoms with Gasteiger partial charge in [-0.2, -0.15) is 0 Å². The van der Waals surface area contributed by atoms with Gasteiger partial charge < -0.3 is 16.0 Å². The lowest BCUT2D eigenvalue weighted by molar-refractivity contribution is 0.298. The van der Waals surface area contributed by atoms with Crippen molar-refractivity contribution in [1.82, 2.24) is 4.90 Å². The molecule has 0 atom stereocenters. The number of nitrogens with two attached hydrogens (primary N) is 1. The van der Waals surface area contributed by atoms with Crippen LogP contribution in [0.5, 0.6) is 0 Å². The molecule has 0 aliphatic heterocycles. The highest BCUT2D eigenvalue weighted by molar-refractivity contribution is 14.0. The molecule has 3 N–H and O–H groups in total. The van der Waals surface area contributed by atoms with E-state index >= 15 is 0 Å². The van der Waals surface area contributed by atoms with Crippen molar-refractivity contribution >= 4 is 35.6 Å². The lowest BCUT2D eigenvalue weighted by atomic mass is 10.0. The van der Waals surface area contributed by atoms with E-state index in [2.05, 4.69) is 61.1 Å². The van der Waals surface area contributed by atoms with Crippen LogP contribution in [0.3, 0.4) is 0 Å². The molecule has 0 amide bonds. The van der Waals surface area contributed by atoms with Crippen LogP contribution in [0.2, 0.25) is 0 Å². The second kappa shape index (κ2) is 13.5. The monoisotopic (exact) mass is 446 g/mol. The van der Waals surface area contributed by atoms with Crippen LogP contribution in [0.25, 0.3) is 0 Å². The zero-order valence-electron chi connectivity index (χ0n) is 15.8. The Bertz CT molecular complexity index is 462. The van der Waals surface area contributed by atoms with Crippen molar-refractivity contribution in [2.24, 2.45) is 10.7 Å². The number of nitrogens with one attached hydrogen (secondary N) is 1. The Morgan fingerprint density at radius 1 is 1.04 bits per heavy atom. The number of nitrogens with zero attached hydrogens (tertiary/aromatic N) is 2. The zero-order valence-corrected chi connectivity index (χ0v) is 18.1. The van der Waals surface area contributed by atoms with E-state index in [-0.39, 0.29) is 24.0 Å². The van der Waals surface area contributed by atoms with E-state index in [0.717, 1.165) is 51.1 Å². The summed E-state index contributed by atoms with van der Waals surface area (Å²) in [5.74, 6) is 0.531. The molecule has 0 aromatic heterocycles. The quantitative estimate of drug-likeness (QED) is 0.244. The van der Waals surface area contributed by atoms with E-state index in [0.29, 0.717) is 5.96 Å². The minimum Gasteiger partial charge on any atom is -0.370 e. The van der Waals surface area contributed by atoms with Crippen LogP contribution in [-0.4, -0.2) is 37.0 Å². The normalized spacial score (nSPS) is 11.5. The number of hydrogen-bond acceptors (Lipinski definition) is 2. The first kappa shape index (κ1) is 23.2. The van der Waals surface area contributed by atoms with Crippen LogP contribution in [0.15, 0.2) is 23.2 Å². The Balaban J connectivity index is 0.00000529. The topological polar surface area (TPSA) is 53.6 Å². The summed E-state index contributed by atoms with van der Waals surface area (Å²) >= 11 is 0. The fourth-order valence-electron chi connectivity index (χ4n) is 2.76. The van der Waals surface area contributed by atoms with Gasteiger partial charge in [0.25, 0.3) is 0 Å². The summed E-state index contributed by atoms with van der Waals surface area (Å²) in [5.41, 5.74) is 9.81. The number of aliphatic imine (C=N–C) groups is 1. The highest BCUT2D eigenvalue weighted by Crippen LogP contribution is 2.22. The molecule has 0 unspecified atom stereocenters. The van der Waals surface area contributed by atoms with E-state index in [4.69, 9.17) is 5.73 Å². The standard InChI is InChI=1S/C19H34N4.HI/c1-5-16-12-11-13-17(6-2)18(16)22-19(20)21-14-9-10-15-23(7-3)8-4;/h11-13H,5-10,14-15H2,1-4H3,(H3,20,21,22);1H. The summed E-state index contributed by atoms with van der Waals surface area (Å²) in [6.45, 7) is 12.9. The van der Waals surface area contributed by atoms with Gasteiger partial charge in [-0.1, -0.05) is 45.9 Å². The number of unbranched alkanes of at least 4 members (excludes halogenated alkanes) is 1. The Kier molecular flexibility index (Phi) is 13.0. The first-order valence-electron chi connectivity index (χ1n) is 9.06. The van der Waals surface area contributed by atoms with E-state index < -0.39 is 0 Å². The summed E-state index contributed by atoms with van der Waals surface area (Å²) in [7, 11) is 0. The SMILES string of the molecule is CCc1cccc(CC)c1NC(N)=NCCCCN(CC)CC.I. The average molecular weight is 446 g/mol. The molecule has 5 heteroatoms. The number of anilines is 1. The Morgan fingerprint density at radius 2 is 1.62 bits per heavy atom. The van der Waals surface area contributed by atoms with E-state index in [1.807, 2.05) is 0 Å². The molecule has 0 aliphatic rings. The summed E-state index contributed by atoms with van der Waals surface area (Å²) < 4.78 is 0. The maximum Gasteiger partial charge on any atom is 0.193 e. The van der Waals surface area contributed by atoms with Crippen LogP contribution in [0.1, 0.15) is 51.7 Å². The van der Waals surface area contributed by atoms with Crippen LogP contribution in [-0.2, 0) is 12.8 Å². The maximum atomic E-state index is 6.08. The molecule has 1 aromatic carbocycles. The number of hydrogen-bond donors (Lipinski definition) is 2. The third-order valence-corrected chi connectivity index (χ3v) is 4.31. The van der Waals surface area contributed by atoms with Gasteiger partial charge >= 0.3 is 0 Å². The van der Waals surface area contributed by atoms with E-state index in [1.165, 1.54) is 17.5 Å². The van der Waals surface area contributed by atoms with Crippen molar-refractivity contribution in [2.45, 2.75) is 53.4 Å². The lowest BCUT2D eigenvalue weighted by Crippen LogP contribution is -2.25. The lowest BCUT2D eigenvalue weighted by Gasteiger charge is -2.17. The molecule has 4 nitrogen and oxygen atoms in total. The van der Waals surface area contributed by atoms with Gasteiger partial charge in [0.05, 0.1) is 0 Å². The van der Waals surface area contributed by atoms with Gasteiger partial charge in [0.15, 0.2) is 5.96 Å². The second-order valence-electron chi connectivity index (χ2n) is 5.78. The molecular formula is C19H35IN4. The molecule has 138 valence electrons. The number of halogens is 1. The van der Waals surface area contributed by atoms with Crippen molar-refractivity contribution in [3.8, 4) is 0 Å². The first-order valence-corrected chi connectivity index (χ1v) is 9.06. The zero-order chi connectivity index (χ0) is 17.1. The highest BCUT2D eigenvalue weighted by atomic mass is 127. The second-order valence-corrected chi connectivity index (χ2v) is 5.78. The Morgan fingerprint density at radius 3 is 2.12 bits per heavy atom. The Labute approximate surface area is 165 Å². The number of para-hydroxylation sites is 1. The maximum absolute atomic E-state index is 6.08. The number of rotatable bonds is 10. The first-order chi connectivity index (χ1) is 11.2. The molecule has 1 rings (SSSR count). The highest BCUT2D eigenvalue weighted by Gasteiger charge is 2.06. The molecule has 24 heavy (non-hydrogen) atoms. The number of aryl methyl sites for hydroxylation is 2. The van der Waals surface area contributed by atoms with Crippen LogP contribution in [0, 0.1) is 0 Å². The summed E-state index contributed by atoms with van der Waals surface area (Å²) in [6, 6.07) is 6.42. The molecule has 0 saturated carbocycles. The van der Waals surface area contributed by atoms with Gasteiger partial charge in [-0.05, 0) is 56.4 Å². The predicted octanol–water partition coefficient (Wildman–Crippen LogP) is 4.28. The van der Waals surface area contributed by atoms with Crippen molar-refractivity contribution in [3.05, 3.63) is 29.3 Å². The molecule has 0 radical (unpaired) electrons. The Hall–Kier alpha value is -0.820. The smallest absolute Gasteiger partial charge is 0.193 e. The van der Waals surface area contributed by atoms with Gasteiger partial charge in [-0.25, -0.2) is 0 Å². The van der Waals surface area contributed by atoms with Crippen molar-refractivity contribution < 1.29 is 0 Å². The molecule has 0 spiro atoms. The molecule has 0 fully saturated rings. The minimum absolute atomic E-state index is 0. The summed E-state index contributed by atoms with van der Waals surface area (Å²) in [4.78, 5) is 6.92. The van der Waals surface area contributed by atoms with Crippen LogP contribution >= 0.6 is 24.0 Å². The fraction of sp³-hybridized carbons (Fsp3) is 0.632. The van der Waals surface area contributed by atoms with Gasteiger partial charge in [-0.3, -0.25) is 4.99 Å². The summed E-state index contributed by atoms with van der Waals surface area (Å²) in [5, 5.41) is 3.32. The summed E-state index contributed by atoms with van der Waals surface area (Å²) in [6.07, 6.45) is 4.24. The van der Waals surface area contributed by atoms with E-state index in [1.54, 1.807) is 0 Å². The van der Waals surface area contributed by atoms with Crippen molar-refractivity contribution in [1.29, 1.82) is 0 Å². The van der Waals surface area contributed by atoms with Gasteiger partial charge in [0, 0.05) is 12.2 Å². The van der Waals surface area contributed by atoms with Crippen molar-refractivity contribution in [3.63, 3.8) is 0 Å². The third-order valence-electron chi connectivity index (χ3n) is 4.31. The fourth-order valence-corrected chi connectivity index (χ4v) is 2.76. The molecule has 0 saturated heterocycles. The van der Waals surface area contributed by atoms with Crippen molar-refractivity contribution in [2.75, 3.05) is 31.5 Å². The van der Waals surface area contributed by atoms with Crippen LogP contribution < -0.4 is 11.1 Å². The third kappa shape index (κ3) is 7.83. The largest absolute Gasteiger partial charge is 0.370 e. The van der Waals surface area contributed by atoms with Gasteiger partial charge in [0.2, 0.25) is 0 Å². The number of benzene rings is 1. The van der Waals surface area contributed by atoms with Gasteiger partial charge in [0.1, 0.15) is 0 Å². The van der Waals surface area contributed by atoms with E-state index in [9.17, 15) is 0 Å². The molecule has 0 aliphatic carbocycles. The predicted molar refractivity (Wildman–Crippen MR) is 118 cm³/mol. The molecule has 0 heterocycles. The number of guanidine groups is 1. The van der Waals surface area contributed by atoms with Crippen LogP contribution in [0.4, 0.5) is 5.69 Å². The molecule has 0 bridgehead atoms. The average Bonchev–Trinajstić information content (AvgIpc) is 2.58. The molecular weight excluding hydrogens is 411 g/mol. The van der Waals surface area contributed by atoms with Gasteiger partial charge in [-0.15, -0.1) is 24.0 Å². The minimum atomic E-state index is 0.